The summed E-state index contributed by atoms with van der Waals surface area (Å²) in [7, 11) is 0. The fourth-order valence-electron chi connectivity index (χ4n) is 0.362. The molecule has 0 saturated carbocycles. The molecule has 114 valence electrons. The van der Waals surface area contributed by atoms with E-state index in [1.165, 1.54) is 0 Å². The molecule has 0 amide bonds. The van der Waals surface area contributed by atoms with Crippen LogP contribution in [0.4, 0.5) is 0 Å². The van der Waals surface area contributed by atoms with Crippen molar-refractivity contribution in [3.63, 3.8) is 0 Å². The van der Waals surface area contributed by atoms with E-state index in [4.69, 9.17) is 11.6 Å². The third-order valence-corrected chi connectivity index (χ3v) is 19.8. The van der Waals surface area contributed by atoms with E-state index in [2.05, 4.69) is 6.96 Å². The van der Waals surface area contributed by atoms with E-state index in [0.29, 0.717) is 0 Å². The molecule has 0 aliphatic carbocycles. The Morgan fingerprint density at radius 3 is 1.40 bits per heavy atom. The first-order valence-corrected chi connectivity index (χ1v) is 19.3. The zero-order valence-electron chi connectivity index (χ0n) is 8.96. The average Bonchev–Trinajstić information content (AvgIpc) is 2.32. The summed E-state index contributed by atoms with van der Waals surface area (Å²) in [5.74, 6) is 0. The van der Waals surface area contributed by atoms with Crippen molar-refractivity contribution in [3.8, 4) is 0 Å². The van der Waals surface area contributed by atoms with Crippen molar-refractivity contribution >= 4 is 87.8 Å². The molecule has 20 heteroatoms. The minimum absolute atomic E-state index is 0. The molecular formula is H3Ga5Gd3O12. The second-order valence-corrected chi connectivity index (χ2v) is 20.2. The quantitative estimate of drug-likeness (QED) is 0.199. The van der Waals surface area contributed by atoms with Crippen LogP contribution < -0.4 is 0 Å². The van der Waals surface area contributed by atoms with Gasteiger partial charge in [0.2, 0.25) is 0 Å². The standard InChI is InChI=1S/5Ga.3Gd.3H2O.9O/h;;;;;;;;3*1H2;;;;;;;;;/q;;;;+1;;2*+1;;;;;;;;;;;;/p-3. The molecule has 0 radical (unpaired) electrons. The molecule has 0 spiro atoms. The maximum atomic E-state index is 10.1. The zero-order chi connectivity index (χ0) is 15.5. The molecule has 20 heavy (non-hydrogen) atoms. The summed E-state index contributed by atoms with van der Waals surface area (Å²) in [6.45, 7) is 0. The van der Waals surface area contributed by atoms with Crippen LogP contribution in [-0.4, -0.2) is 94.8 Å². The second-order valence-electron chi connectivity index (χ2n) is 1.56. The van der Waals surface area contributed by atoms with Crippen LogP contribution in [0.2, 0.25) is 0 Å². The summed E-state index contributed by atoms with van der Waals surface area (Å²) >= 11 is -16.5. The Bertz CT molecular complexity index is 233. The maximum absolute atomic E-state index is 10.1. The van der Waals surface area contributed by atoms with Gasteiger partial charge in [-0.3, -0.25) is 0 Å². The zero-order valence-corrected chi connectivity index (χ0v) is 27.9. The van der Waals surface area contributed by atoms with Crippen LogP contribution in [0.1, 0.15) is 0 Å². The van der Waals surface area contributed by atoms with Crippen LogP contribution in [0.25, 0.3) is 0 Å². The van der Waals surface area contributed by atoms with Crippen molar-refractivity contribution in [2.75, 3.05) is 0 Å². The summed E-state index contributed by atoms with van der Waals surface area (Å²) in [4.78, 5) is 0. The molecule has 0 unspecified atom stereocenters. The van der Waals surface area contributed by atoms with Gasteiger partial charge in [0, 0.05) is 39.9 Å². The van der Waals surface area contributed by atoms with Gasteiger partial charge in [0.1, 0.15) is 0 Å². The van der Waals surface area contributed by atoms with Gasteiger partial charge >= 0.3 is 190 Å². The van der Waals surface area contributed by atoms with Crippen molar-refractivity contribution in [2.24, 2.45) is 0 Å². The predicted octanol–water partition coefficient (Wildman–Crippen LogP) is -4.44. The van der Waals surface area contributed by atoms with Crippen LogP contribution in [0, 0.1) is 113 Å². The Morgan fingerprint density at radius 1 is 0.850 bits per heavy atom. The Kier molecular flexibility index (Phi) is 53.0. The Labute approximate surface area is 223 Å². The summed E-state index contributed by atoms with van der Waals surface area (Å²) in [5.41, 5.74) is 0. The van der Waals surface area contributed by atoms with Gasteiger partial charge in [0.25, 0.3) is 0 Å². The Hall–Kier alpha value is 5.40. The molecule has 0 rings (SSSR count). The summed E-state index contributed by atoms with van der Waals surface area (Å²) in [5, 5.41) is 0. The normalized spacial score (nSPS) is 6.35. The predicted molar refractivity (Wildman–Crippen MR) is 43.2 cm³/mol. The van der Waals surface area contributed by atoms with E-state index < -0.39 is 161 Å². The Balaban J connectivity index is -0.000000156. The fourth-order valence-corrected chi connectivity index (χ4v) is 24.3. The molecule has 0 atom stereocenters. The van der Waals surface area contributed by atoms with Crippen molar-refractivity contribution in [1.29, 1.82) is 0 Å². The van der Waals surface area contributed by atoms with Gasteiger partial charge in [-0.15, -0.1) is 0 Å². The van der Waals surface area contributed by atoms with Crippen molar-refractivity contribution in [2.45, 2.75) is 0 Å². The van der Waals surface area contributed by atoms with E-state index in [-0.39, 0.29) is 39.9 Å². The molecule has 0 aliphatic rings. The average molecular weight is 1020 g/mol. The monoisotopic (exact) mass is 1010 g/mol. The van der Waals surface area contributed by atoms with Crippen LogP contribution >= 0.6 is 0 Å². The molecular weight excluding hydrogens is 1010 g/mol. The third kappa shape index (κ3) is 34.7. The van der Waals surface area contributed by atoms with E-state index in [1.807, 2.05) is 0 Å². The third-order valence-electron chi connectivity index (χ3n) is 0.733. The molecule has 0 saturated heterocycles. The van der Waals surface area contributed by atoms with E-state index in [9.17, 15) is 10.6 Å². The molecule has 0 aromatic carbocycles. The van der Waals surface area contributed by atoms with Crippen molar-refractivity contribution in [3.05, 3.63) is 0 Å². The number of hydrogen-bond acceptors (Lipinski definition) is 10. The van der Waals surface area contributed by atoms with Gasteiger partial charge in [-0.25, -0.2) is 0 Å². The van der Waals surface area contributed by atoms with Gasteiger partial charge in [-0.05, 0) is 0 Å². The Morgan fingerprint density at radius 2 is 1.15 bits per heavy atom. The molecule has 0 fully saturated rings. The fraction of sp³-hybridized carbons (Fsp3) is 0. The summed E-state index contributed by atoms with van der Waals surface area (Å²) in [6, 6.07) is 0. The minimum atomic E-state index is -3.41. The van der Waals surface area contributed by atoms with Gasteiger partial charge in [0.15, 0.2) is 0 Å². The van der Waals surface area contributed by atoms with Crippen molar-refractivity contribution < 1.29 is 142 Å². The molecule has 3 N–H and O–H groups in total. The number of hydrogen-bond donors (Lipinski definition) is 3. The first kappa shape index (κ1) is 33.0. The van der Waals surface area contributed by atoms with Crippen LogP contribution in [0.3, 0.4) is 0 Å². The van der Waals surface area contributed by atoms with Gasteiger partial charge in [-0.1, -0.05) is 0 Å². The topological polar surface area (TPSA) is 183 Å². The van der Waals surface area contributed by atoms with Crippen LogP contribution in [-0.2, 0) is 22.2 Å². The van der Waals surface area contributed by atoms with E-state index >= 15 is 0 Å². The second kappa shape index (κ2) is 32.1. The van der Waals surface area contributed by atoms with Gasteiger partial charge in [-0.2, -0.15) is 0 Å². The van der Waals surface area contributed by atoms with Gasteiger partial charge in [0.05, 0.1) is 0 Å². The summed E-state index contributed by atoms with van der Waals surface area (Å²) < 4.78 is 89.2. The SMILES string of the molecule is [Gd].[O]=[Ga][O][Ga]([OH])[O][Ga]([O][Ga]=[O])[O][Ga]=[O].[O]=[Gd][OH].[O]=[Gd][OH]. The first-order valence-electron chi connectivity index (χ1n) is 3.46. The molecule has 0 aromatic rings. The summed E-state index contributed by atoms with van der Waals surface area (Å²) in [6.07, 6.45) is 0. The first-order chi connectivity index (χ1) is 9.07. The van der Waals surface area contributed by atoms with E-state index in [1.54, 1.807) is 0 Å². The van der Waals surface area contributed by atoms with Gasteiger partial charge < -0.3 is 0 Å². The van der Waals surface area contributed by atoms with Crippen LogP contribution in [0.15, 0.2) is 0 Å². The number of rotatable bonds is 8. The molecule has 0 bridgehead atoms. The molecule has 0 heterocycles. The van der Waals surface area contributed by atoms with Crippen LogP contribution in [0.5, 0.6) is 0 Å². The van der Waals surface area contributed by atoms with E-state index in [0.717, 1.165) is 0 Å². The molecule has 0 aliphatic heterocycles. The molecule has 12 nitrogen and oxygen atoms in total. The molecule has 0 aromatic heterocycles. The van der Waals surface area contributed by atoms with Crippen molar-refractivity contribution in [1.82, 2.24) is 0 Å².